The van der Waals surface area contributed by atoms with Gasteiger partial charge in [0.2, 0.25) is 0 Å². The van der Waals surface area contributed by atoms with Crippen molar-refractivity contribution in [2.75, 3.05) is 12.4 Å². The number of esters is 1. The average molecular weight is 357 g/mol. The molecule has 1 atom stereocenters. The molecule has 2 rings (SSSR count). The largest absolute Gasteiger partial charge is 0.496 e. The predicted octanol–water partition coefficient (Wildman–Crippen LogP) is 3.06. The summed E-state index contributed by atoms with van der Waals surface area (Å²) in [5, 5.41) is 6.85. The number of nitrogens with one attached hydrogen (secondary N) is 1. The zero-order valence-corrected chi connectivity index (χ0v) is 15.3. The number of aromatic nitrogens is 2. The second-order valence-electron chi connectivity index (χ2n) is 5.90. The van der Waals surface area contributed by atoms with Crippen molar-refractivity contribution < 1.29 is 19.1 Å². The number of para-hydroxylation sites is 1. The molecule has 7 heteroatoms. The summed E-state index contributed by atoms with van der Waals surface area (Å²) in [4.78, 5) is 24.2. The van der Waals surface area contributed by atoms with Crippen molar-refractivity contribution in [1.82, 2.24) is 9.78 Å². The fourth-order valence-electron chi connectivity index (χ4n) is 2.28. The summed E-state index contributed by atoms with van der Waals surface area (Å²) >= 11 is 0. The average Bonchev–Trinajstić information content (AvgIpc) is 3.08. The molecule has 138 valence electrons. The van der Waals surface area contributed by atoms with Crippen LogP contribution < -0.4 is 10.1 Å². The molecule has 0 aliphatic heterocycles. The van der Waals surface area contributed by atoms with E-state index in [1.165, 1.54) is 13.0 Å². The highest BCUT2D eigenvalue weighted by Crippen LogP contribution is 2.18. The second kappa shape index (κ2) is 8.84. The zero-order chi connectivity index (χ0) is 19.1. The number of benzene rings is 1. The first-order chi connectivity index (χ1) is 12.4. The van der Waals surface area contributed by atoms with Crippen molar-refractivity contribution in [3.8, 4) is 5.75 Å². The quantitative estimate of drug-likeness (QED) is 0.608. The minimum atomic E-state index is -0.944. The minimum Gasteiger partial charge on any atom is -0.496 e. The van der Waals surface area contributed by atoms with Crippen molar-refractivity contribution >= 4 is 23.8 Å². The Bertz CT molecular complexity index is 796. The molecule has 0 bridgehead atoms. The van der Waals surface area contributed by atoms with E-state index in [9.17, 15) is 9.59 Å². The maximum Gasteiger partial charge on any atom is 0.331 e. The number of hydrogen-bond acceptors (Lipinski definition) is 5. The SMILES string of the molecule is COc1ccccc1/C=C/C(=O)O[C@@H](C)C(=O)Nc1ccnn1C(C)C. The molecular formula is C19H23N3O4. The van der Waals surface area contributed by atoms with E-state index >= 15 is 0 Å². The minimum absolute atomic E-state index is 0.0990. The summed E-state index contributed by atoms with van der Waals surface area (Å²) in [5.74, 6) is 0.157. The molecule has 26 heavy (non-hydrogen) atoms. The standard InChI is InChI=1S/C19H23N3O4/c1-13(2)22-17(11-12-20-22)21-19(24)14(3)26-18(23)10-9-15-7-5-6-8-16(15)25-4/h5-14H,1-4H3,(H,21,24)/b10-9+/t14-/m0/s1. The summed E-state index contributed by atoms with van der Waals surface area (Å²) < 4.78 is 12.0. The molecule has 0 aliphatic carbocycles. The molecule has 0 spiro atoms. The molecule has 7 nitrogen and oxygen atoms in total. The summed E-state index contributed by atoms with van der Waals surface area (Å²) in [7, 11) is 1.55. The Balaban J connectivity index is 1.94. The zero-order valence-electron chi connectivity index (χ0n) is 15.3. The van der Waals surface area contributed by atoms with Gasteiger partial charge in [-0.1, -0.05) is 18.2 Å². The molecule has 0 unspecified atom stereocenters. The van der Waals surface area contributed by atoms with Crippen molar-refractivity contribution in [1.29, 1.82) is 0 Å². The Kier molecular flexibility index (Phi) is 6.54. The van der Waals surface area contributed by atoms with Crippen molar-refractivity contribution in [2.24, 2.45) is 0 Å². The van der Waals surface area contributed by atoms with Crippen molar-refractivity contribution in [2.45, 2.75) is 32.9 Å². The third-order valence-corrected chi connectivity index (χ3v) is 3.61. The molecule has 1 heterocycles. The van der Waals surface area contributed by atoms with E-state index < -0.39 is 18.0 Å². The smallest absolute Gasteiger partial charge is 0.331 e. The van der Waals surface area contributed by atoms with Crippen molar-refractivity contribution in [3.05, 3.63) is 48.2 Å². The van der Waals surface area contributed by atoms with Crippen molar-refractivity contribution in [3.63, 3.8) is 0 Å². The van der Waals surface area contributed by atoms with E-state index in [1.807, 2.05) is 32.0 Å². The van der Waals surface area contributed by atoms with Gasteiger partial charge in [0, 0.05) is 23.7 Å². The van der Waals surface area contributed by atoms with E-state index in [2.05, 4.69) is 10.4 Å². The van der Waals surface area contributed by atoms with E-state index in [-0.39, 0.29) is 6.04 Å². The van der Waals surface area contributed by atoms with E-state index in [0.717, 1.165) is 5.56 Å². The number of carbonyl (C=O) groups excluding carboxylic acids is 2. The summed E-state index contributed by atoms with van der Waals surface area (Å²) in [6.07, 6.45) is 3.50. The van der Waals surface area contributed by atoms with Gasteiger partial charge in [0.05, 0.1) is 13.3 Å². The Morgan fingerprint density at radius 1 is 1.19 bits per heavy atom. The number of rotatable bonds is 7. The maximum absolute atomic E-state index is 12.2. The first-order valence-corrected chi connectivity index (χ1v) is 8.28. The van der Waals surface area contributed by atoms with Gasteiger partial charge in [-0.05, 0) is 32.9 Å². The topological polar surface area (TPSA) is 82.4 Å². The first-order valence-electron chi connectivity index (χ1n) is 8.28. The van der Waals surface area contributed by atoms with Gasteiger partial charge in [-0.2, -0.15) is 5.10 Å². The molecule has 0 fully saturated rings. The van der Waals surface area contributed by atoms with Gasteiger partial charge >= 0.3 is 5.97 Å². The van der Waals surface area contributed by atoms with Gasteiger partial charge in [-0.25, -0.2) is 9.48 Å². The Morgan fingerprint density at radius 3 is 2.62 bits per heavy atom. The van der Waals surface area contributed by atoms with E-state index in [4.69, 9.17) is 9.47 Å². The summed E-state index contributed by atoms with van der Waals surface area (Å²) in [6, 6.07) is 9.06. The van der Waals surface area contributed by atoms with Crippen LogP contribution in [0.5, 0.6) is 5.75 Å². The van der Waals surface area contributed by atoms with Crippen LogP contribution in [0.25, 0.3) is 6.08 Å². The lowest BCUT2D eigenvalue weighted by Gasteiger charge is -2.15. The highest BCUT2D eigenvalue weighted by molar-refractivity contribution is 5.96. The number of nitrogens with zero attached hydrogens (tertiary/aromatic N) is 2. The lowest BCUT2D eigenvalue weighted by atomic mass is 10.2. The van der Waals surface area contributed by atoms with Gasteiger partial charge in [-0.15, -0.1) is 0 Å². The van der Waals surface area contributed by atoms with Gasteiger partial charge in [0.15, 0.2) is 6.10 Å². The lowest BCUT2D eigenvalue weighted by Crippen LogP contribution is -2.30. The molecule has 0 radical (unpaired) electrons. The maximum atomic E-state index is 12.2. The molecule has 1 aromatic carbocycles. The fraction of sp³-hybridized carbons (Fsp3) is 0.316. The molecular weight excluding hydrogens is 334 g/mol. The van der Waals surface area contributed by atoms with Gasteiger partial charge in [-0.3, -0.25) is 4.79 Å². The highest BCUT2D eigenvalue weighted by Gasteiger charge is 2.18. The Hall–Kier alpha value is -3.09. The highest BCUT2D eigenvalue weighted by atomic mass is 16.5. The number of ether oxygens (including phenoxy) is 2. The second-order valence-corrected chi connectivity index (χ2v) is 5.90. The van der Waals surface area contributed by atoms with Crippen LogP contribution in [-0.2, 0) is 14.3 Å². The normalized spacial score (nSPS) is 12.2. The summed E-state index contributed by atoms with van der Waals surface area (Å²) in [5.41, 5.74) is 0.741. The van der Waals surface area contributed by atoms with Crippen LogP contribution in [0.3, 0.4) is 0 Å². The first kappa shape index (κ1) is 19.2. The molecule has 2 aromatic rings. The number of hydrogen-bond donors (Lipinski definition) is 1. The number of methoxy groups -OCH3 is 1. The van der Waals surface area contributed by atoms with Crippen LogP contribution in [0.4, 0.5) is 5.82 Å². The molecule has 1 N–H and O–H groups in total. The number of amides is 1. The fourth-order valence-corrected chi connectivity index (χ4v) is 2.28. The monoisotopic (exact) mass is 357 g/mol. The van der Waals surface area contributed by atoms with Crippen LogP contribution in [0.1, 0.15) is 32.4 Å². The van der Waals surface area contributed by atoms with Gasteiger partial charge < -0.3 is 14.8 Å². The third kappa shape index (κ3) is 4.95. The Morgan fingerprint density at radius 2 is 1.92 bits per heavy atom. The van der Waals surface area contributed by atoms with E-state index in [1.54, 1.807) is 36.2 Å². The van der Waals surface area contributed by atoms with Gasteiger partial charge in [0.25, 0.3) is 5.91 Å². The van der Waals surface area contributed by atoms with Crippen LogP contribution in [0.15, 0.2) is 42.6 Å². The molecule has 0 saturated heterocycles. The molecule has 0 aliphatic rings. The van der Waals surface area contributed by atoms with E-state index in [0.29, 0.717) is 11.6 Å². The lowest BCUT2D eigenvalue weighted by molar-refractivity contribution is -0.148. The van der Waals surface area contributed by atoms with Crippen LogP contribution >= 0.6 is 0 Å². The van der Waals surface area contributed by atoms with Crippen LogP contribution in [0, 0.1) is 0 Å². The molecule has 1 aromatic heterocycles. The Labute approximate surface area is 152 Å². The number of anilines is 1. The predicted molar refractivity (Wildman–Crippen MR) is 98.8 cm³/mol. The summed E-state index contributed by atoms with van der Waals surface area (Å²) in [6.45, 7) is 5.42. The van der Waals surface area contributed by atoms with Crippen LogP contribution in [0.2, 0.25) is 0 Å². The third-order valence-electron chi connectivity index (χ3n) is 3.61. The molecule has 1 amide bonds. The van der Waals surface area contributed by atoms with Crippen LogP contribution in [-0.4, -0.2) is 34.9 Å². The molecule has 0 saturated carbocycles. The number of carbonyl (C=O) groups is 2. The van der Waals surface area contributed by atoms with Gasteiger partial charge in [0.1, 0.15) is 11.6 Å².